The van der Waals surface area contributed by atoms with Crippen molar-refractivity contribution in [2.24, 2.45) is 0 Å². The van der Waals surface area contributed by atoms with Gasteiger partial charge in [0.15, 0.2) is 0 Å². The lowest BCUT2D eigenvalue weighted by molar-refractivity contribution is -0.0222. The fourth-order valence-corrected chi connectivity index (χ4v) is 3.70. The number of likely N-dealkylation sites (N-methyl/N-ethyl adjacent to an activating group) is 1. The second-order valence-electron chi connectivity index (χ2n) is 5.46. The molecule has 2 rings (SSSR count). The fourth-order valence-electron chi connectivity index (χ4n) is 2.47. The van der Waals surface area contributed by atoms with Crippen LogP contribution in [0.5, 0.6) is 11.5 Å². The number of ether oxygens (including phenoxy) is 3. The maximum Gasteiger partial charge on any atom is 0.244 e. The predicted molar refractivity (Wildman–Crippen MR) is 86.6 cm³/mol. The third-order valence-electron chi connectivity index (χ3n) is 3.76. The van der Waals surface area contributed by atoms with Crippen LogP contribution in [0.25, 0.3) is 0 Å². The number of hydrogen-bond donors (Lipinski definition) is 1. The van der Waals surface area contributed by atoms with Gasteiger partial charge < -0.3 is 19.1 Å². The van der Waals surface area contributed by atoms with Crippen LogP contribution in [0.1, 0.15) is 6.42 Å². The molecule has 1 aliphatic heterocycles. The van der Waals surface area contributed by atoms with Crippen molar-refractivity contribution in [3.8, 4) is 11.5 Å². The molecule has 1 fully saturated rings. The third kappa shape index (κ3) is 4.81. The highest BCUT2D eigenvalue weighted by Crippen LogP contribution is 2.27. The standard InChI is InChI=1S/C15H24N2O5S/c1-17-8-9-22-13(11-17)6-7-16-23(18,19)15-10-12(20-2)4-5-14(15)21-3/h4-5,10,13,16H,6-9,11H2,1-3H3. The highest BCUT2D eigenvalue weighted by Gasteiger charge is 2.22. The number of hydrogen-bond acceptors (Lipinski definition) is 6. The molecule has 1 saturated heterocycles. The Balaban J connectivity index is 2.01. The van der Waals surface area contributed by atoms with Crippen molar-refractivity contribution in [1.29, 1.82) is 0 Å². The van der Waals surface area contributed by atoms with E-state index in [4.69, 9.17) is 14.2 Å². The van der Waals surface area contributed by atoms with E-state index in [0.717, 1.165) is 13.1 Å². The van der Waals surface area contributed by atoms with Crippen molar-refractivity contribution >= 4 is 10.0 Å². The van der Waals surface area contributed by atoms with Crippen molar-refractivity contribution in [2.75, 3.05) is 47.5 Å². The van der Waals surface area contributed by atoms with Gasteiger partial charge in [-0.2, -0.15) is 0 Å². The Kier molecular flexibility index (Phi) is 6.23. The van der Waals surface area contributed by atoms with Crippen molar-refractivity contribution in [1.82, 2.24) is 9.62 Å². The fraction of sp³-hybridized carbons (Fsp3) is 0.600. The molecular formula is C15H24N2O5S. The molecule has 1 atom stereocenters. The average Bonchev–Trinajstić information content (AvgIpc) is 2.54. The topological polar surface area (TPSA) is 77.1 Å². The maximum atomic E-state index is 12.5. The van der Waals surface area contributed by atoms with Gasteiger partial charge in [0.2, 0.25) is 10.0 Å². The summed E-state index contributed by atoms with van der Waals surface area (Å²) in [7, 11) is 1.28. The number of benzene rings is 1. The van der Waals surface area contributed by atoms with Gasteiger partial charge in [-0.1, -0.05) is 0 Å². The first-order valence-electron chi connectivity index (χ1n) is 7.48. The zero-order valence-corrected chi connectivity index (χ0v) is 14.6. The van der Waals surface area contributed by atoms with Gasteiger partial charge in [0.25, 0.3) is 0 Å². The van der Waals surface area contributed by atoms with Gasteiger partial charge in [0, 0.05) is 25.7 Å². The van der Waals surface area contributed by atoms with Crippen molar-refractivity contribution in [2.45, 2.75) is 17.4 Å². The van der Waals surface area contributed by atoms with E-state index in [1.807, 2.05) is 7.05 Å². The zero-order chi connectivity index (χ0) is 16.9. The van der Waals surface area contributed by atoms with E-state index >= 15 is 0 Å². The summed E-state index contributed by atoms with van der Waals surface area (Å²) in [4.78, 5) is 2.24. The molecule has 130 valence electrons. The van der Waals surface area contributed by atoms with Crippen LogP contribution in [-0.2, 0) is 14.8 Å². The summed E-state index contributed by atoms with van der Waals surface area (Å²) in [5, 5.41) is 0. The molecule has 0 amide bonds. The van der Waals surface area contributed by atoms with Crippen LogP contribution in [0.15, 0.2) is 23.1 Å². The number of methoxy groups -OCH3 is 2. The Morgan fingerprint density at radius 1 is 1.35 bits per heavy atom. The zero-order valence-electron chi connectivity index (χ0n) is 13.7. The van der Waals surface area contributed by atoms with Crippen LogP contribution in [0.3, 0.4) is 0 Å². The molecule has 1 N–H and O–H groups in total. The Bertz CT molecular complexity index is 620. The van der Waals surface area contributed by atoms with Gasteiger partial charge in [-0.25, -0.2) is 13.1 Å². The molecule has 0 aromatic heterocycles. The lowest BCUT2D eigenvalue weighted by atomic mass is 10.2. The number of nitrogens with zero attached hydrogens (tertiary/aromatic N) is 1. The number of rotatable bonds is 7. The van der Waals surface area contributed by atoms with Crippen LogP contribution in [0.2, 0.25) is 0 Å². The average molecular weight is 344 g/mol. The molecule has 1 heterocycles. The van der Waals surface area contributed by atoms with Gasteiger partial charge in [-0.3, -0.25) is 0 Å². The van der Waals surface area contributed by atoms with E-state index in [9.17, 15) is 8.42 Å². The molecule has 0 saturated carbocycles. The van der Waals surface area contributed by atoms with Crippen LogP contribution >= 0.6 is 0 Å². The molecule has 0 spiro atoms. The summed E-state index contributed by atoms with van der Waals surface area (Å²) in [5.41, 5.74) is 0. The van der Waals surface area contributed by atoms with Crippen LogP contribution in [0, 0.1) is 0 Å². The largest absolute Gasteiger partial charge is 0.497 e. The Morgan fingerprint density at radius 2 is 2.13 bits per heavy atom. The molecule has 1 aromatic rings. The van der Waals surface area contributed by atoms with Gasteiger partial charge in [0.1, 0.15) is 16.4 Å². The van der Waals surface area contributed by atoms with E-state index in [2.05, 4.69) is 9.62 Å². The second kappa shape index (κ2) is 7.96. The quantitative estimate of drug-likeness (QED) is 0.785. The molecule has 0 radical (unpaired) electrons. The highest BCUT2D eigenvalue weighted by atomic mass is 32.2. The normalized spacial score (nSPS) is 19.5. The van der Waals surface area contributed by atoms with Gasteiger partial charge >= 0.3 is 0 Å². The Morgan fingerprint density at radius 3 is 2.78 bits per heavy atom. The Labute approximate surface area is 137 Å². The van der Waals surface area contributed by atoms with Crippen LogP contribution < -0.4 is 14.2 Å². The van der Waals surface area contributed by atoms with E-state index in [1.165, 1.54) is 20.3 Å². The third-order valence-corrected chi connectivity index (χ3v) is 5.24. The first-order valence-corrected chi connectivity index (χ1v) is 8.96. The number of morpholine rings is 1. The summed E-state index contributed by atoms with van der Waals surface area (Å²) in [6.07, 6.45) is 0.666. The molecule has 0 aliphatic carbocycles. The summed E-state index contributed by atoms with van der Waals surface area (Å²) >= 11 is 0. The first-order chi connectivity index (χ1) is 11.0. The minimum atomic E-state index is -3.67. The monoisotopic (exact) mass is 344 g/mol. The maximum absolute atomic E-state index is 12.5. The van der Waals surface area contributed by atoms with Gasteiger partial charge in [-0.15, -0.1) is 0 Å². The minimum Gasteiger partial charge on any atom is -0.497 e. The molecule has 23 heavy (non-hydrogen) atoms. The van der Waals surface area contributed by atoms with Gasteiger partial charge in [-0.05, 0) is 25.6 Å². The van der Waals surface area contributed by atoms with E-state index in [1.54, 1.807) is 12.1 Å². The predicted octanol–water partition coefficient (Wildman–Crippen LogP) is 0.703. The summed E-state index contributed by atoms with van der Waals surface area (Å²) in [5.74, 6) is 0.746. The van der Waals surface area contributed by atoms with Crippen molar-refractivity contribution in [3.05, 3.63) is 18.2 Å². The molecule has 1 aromatic carbocycles. The van der Waals surface area contributed by atoms with Crippen molar-refractivity contribution < 1.29 is 22.6 Å². The van der Waals surface area contributed by atoms with E-state index < -0.39 is 10.0 Å². The molecule has 1 unspecified atom stereocenters. The van der Waals surface area contributed by atoms with Crippen molar-refractivity contribution in [3.63, 3.8) is 0 Å². The van der Waals surface area contributed by atoms with E-state index in [0.29, 0.717) is 25.3 Å². The minimum absolute atomic E-state index is 0.0451. The molecule has 8 heteroatoms. The lowest BCUT2D eigenvalue weighted by Crippen LogP contribution is -2.41. The summed E-state index contributed by atoms with van der Waals surface area (Å²) in [6, 6.07) is 4.68. The lowest BCUT2D eigenvalue weighted by Gasteiger charge is -2.30. The summed E-state index contributed by atoms with van der Waals surface area (Å²) < 4.78 is 43.4. The Hall–Kier alpha value is -1.35. The number of nitrogens with one attached hydrogen (secondary N) is 1. The molecular weight excluding hydrogens is 320 g/mol. The van der Waals surface area contributed by atoms with Crippen LogP contribution in [0.4, 0.5) is 0 Å². The van der Waals surface area contributed by atoms with Crippen LogP contribution in [-0.4, -0.2) is 66.9 Å². The highest BCUT2D eigenvalue weighted by molar-refractivity contribution is 7.89. The SMILES string of the molecule is COc1ccc(OC)c(S(=O)(=O)NCCC2CN(C)CCO2)c1. The van der Waals surface area contributed by atoms with Gasteiger partial charge in [0.05, 0.1) is 26.9 Å². The molecule has 1 aliphatic rings. The smallest absolute Gasteiger partial charge is 0.244 e. The van der Waals surface area contributed by atoms with E-state index in [-0.39, 0.29) is 16.7 Å². The molecule has 0 bridgehead atoms. The molecule has 7 nitrogen and oxygen atoms in total. The summed E-state index contributed by atoms with van der Waals surface area (Å²) in [6.45, 7) is 2.70. The second-order valence-corrected chi connectivity index (χ2v) is 7.19. The first kappa shape index (κ1) is 18.0. The number of sulfonamides is 1.